The van der Waals surface area contributed by atoms with Crippen LogP contribution >= 0.6 is 0 Å². The molecule has 132 valence electrons. The molecule has 0 amide bonds. The van der Waals surface area contributed by atoms with E-state index in [-0.39, 0.29) is 6.61 Å². The van der Waals surface area contributed by atoms with Gasteiger partial charge in [-0.15, -0.1) is 0 Å². The summed E-state index contributed by atoms with van der Waals surface area (Å²) >= 11 is 0. The number of esters is 1. The van der Waals surface area contributed by atoms with Crippen LogP contribution < -0.4 is 0 Å². The Morgan fingerprint density at radius 1 is 1.26 bits per heavy atom. The molecule has 2 rings (SSSR count). The summed E-state index contributed by atoms with van der Waals surface area (Å²) in [5, 5.41) is 10.6. The van der Waals surface area contributed by atoms with Crippen molar-refractivity contribution in [2.45, 2.75) is 70.6 Å². The Kier molecular flexibility index (Phi) is 5.48. The van der Waals surface area contributed by atoms with Crippen LogP contribution in [0.4, 0.5) is 0 Å². The van der Waals surface area contributed by atoms with Crippen molar-refractivity contribution in [3.63, 3.8) is 0 Å². The number of hydrogen-bond acceptors (Lipinski definition) is 7. The van der Waals surface area contributed by atoms with E-state index in [1.54, 1.807) is 40.7 Å². The van der Waals surface area contributed by atoms with Crippen molar-refractivity contribution in [2.24, 2.45) is 0 Å². The average molecular weight is 330 g/mol. The summed E-state index contributed by atoms with van der Waals surface area (Å²) in [6, 6.07) is 0. The van der Waals surface area contributed by atoms with Crippen molar-refractivity contribution in [3.05, 3.63) is 12.2 Å². The van der Waals surface area contributed by atoms with Crippen LogP contribution in [0.5, 0.6) is 0 Å². The number of carbonyl (C=O) groups excluding carboxylic acids is 1. The maximum Gasteiger partial charge on any atom is 0.330 e. The summed E-state index contributed by atoms with van der Waals surface area (Å²) < 4.78 is 27.5. The van der Waals surface area contributed by atoms with E-state index >= 15 is 0 Å². The molecule has 0 aromatic heterocycles. The maximum atomic E-state index is 11.5. The molecule has 2 fully saturated rings. The fraction of sp³-hybridized carbons (Fsp3) is 0.812. The molecule has 0 aliphatic carbocycles. The molecule has 0 radical (unpaired) electrons. The molecule has 0 spiro atoms. The van der Waals surface area contributed by atoms with E-state index in [1.165, 1.54) is 6.08 Å². The summed E-state index contributed by atoms with van der Waals surface area (Å²) in [7, 11) is 0. The Balaban J connectivity index is 2.06. The number of ether oxygens (including phenoxy) is 5. The fourth-order valence-electron chi connectivity index (χ4n) is 2.69. The Labute approximate surface area is 136 Å². The van der Waals surface area contributed by atoms with Crippen molar-refractivity contribution >= 4 is 5.97 Å². The lowest BCUT2D eigenvalue weighted by atomic mass is 10.0. The highest BCUT2D eigenvalue weighted by molar-refractivity contribution is 5.81. The van der Waals surface area contributed by atoms with E-state index < -0.39 is 42.0 Å². The first-order valence-corrected chi connectivity index (χ1v) is 7.84. The number of hydrogen-bond donors (Lipinski definition) is 1. The van der Waals surface area contributed by atoms with Gasteiger partial charge < -0.3 is 28.8 Å². The zero-order chi connectivity index (χ0) is 17.3. The van der Waals surface area contributed by atoms with Crippen molar-refractivity contribution in [3.8, 4) is 0 Å². The van der Waals surface area contributed by atoms with Crippen LogP contribution in [0, 0.1) is 0 Å². The van der Waals surface area contributed by atoms with E-state index in [1.807, 2.05) is 0 Å². The van der Waals surface area contributed by atoms with Gasteiger partial charge in [0.1, 0.15) is 24.4 Å². The van der Waals surface area contributed by atoms with Crippen molar-refractivity contribution in [1.29, 1.82) is 0 Å². The number of aliphatic hydroxyl groups excluding tert-OH is 1. The standard InChI is InChI=1S/C16H26O7/c1-6-19-12(17)8-7-10-14(23-16(4,5)21-10)13(18)11-9-20-15(2,3)22-11/h7-8,10-11,13-14,18H,6,9H2,1-5H3/b8-7-/t10-,11+,13-,14-/m1/s1. The van der Waals surface area contributed by atoms with E-state index in [2.05, 4.69) is 0 Å². The lowest BCUT2D eigenvalue weighted by Gasteiger charge is -2.26. The Bertz CT molecular complexity index is 457. The SMILES string of the molecule is CCOC(=O)/C=C\[C@H]1OC(C)(C)O[C@H]1[C@H](O)[C@@H]1COC(C)(C)O1. The normalized spacial score (nSPS) is 33.9. The highest BCUT2D eigenvalue weighted by Crippen LogP contribution is 2.34. The molecule has 2 aliphatic rings. The predicted octanol–water partition coefficient (Wildman–Crippen LogP) is 1.14. The van der Waals surface area contributed by atoms with Gasteiger partial charge in [-0.25, -0.2) is 4.79 Å². The van der Waals surface area contributed by atoms with Crippen LogP contribution in [0.3, 0.4) is 0 Å². The largest absolute Gasteiger partial charge is 0.463 e. The summed E-state index contributed by atoms with van der Waals surface area (Å²) in [5.41, 5.74) is 0. The molecule has 2 heterocycles. The number of carbonyl (C=O) groups is 1. The molecule has 7 heteroatoms. The second-order valence-corrected chi connectivity index (χ2v) is 6.53. The van der Waals surface area contributed by atoms with Gasteiger partial charge in [0.25, 0.3) is 0 Å². The third-order valence-corrected chi connectivity index (χ3v) is 3.62. The maximum absolute atomic E-state index is 11.5. The summed E-state index contributed by atoms with van der Waals surface area (Å²) in [5.74, 6) is -2.07. The minimum Gasteiger partial charge on any atom is -0.463 e. The van der Waals surface area contributed by atoms with Gasteiger partial charge in [0.15, 0.2) is 11.6 Å². The smallest absolute Gasteiger partial charge is 0.330 e. The second-order valence-electron chi connectivity index (χ2n) is 6.53. The average Bonchev–Trinajstić information content (AvgIpc) is 2.95. The zero-order valence-corrected chi connectivity index (χ0v) is 14.3. The molecular formula is C16H26O7. The minimum atomic E-state index is -0.949. The molecule has 7 nitrogen and oxygen atoms in total. The van der Waals surface area contributed by atoms with Gasteiger partial charge in [0, 0.05) is 6.08 Å². The quantitative estimate of drug-likeness (QED) is 0.598. The zero-order valence-electron chi connectivity index (χ0n) is 14.3. The fourth-order valence-corrected chi connectivity index (χ4v) is 2.69. The highest BCUT2D eigenvalue weighted by atomic mass is 16.8. The van der Waals surface area contributed by atoms with E-state index in [0.717, 1.165) is 0 Å². The molecule has 2 saturated heterocycles. The molecule has 0 aromatic carbocycles. The minimum absolute atomic E-state index is 0.267. The molecule has 1 N–H and O–H groups in total. The topological polar surface area (TPSA) is 83.5 Å². The van der Waals surface area contributed by atoms with Crippen LogP contribution in [0.15, 0.2) is 12.2 Å². The third-order valence-electron chi connectivity index (χ3n) is 3.62. The summed E-state index contributed by atoms with van der Waals surface area (Å²) in [6.07, 6.45) is 0.104. The molecule has 2 aliphatic heterocycles. The molecule has 4 atom stereocenters. The Morgan fingerprint density at radius 3 is 2.52 bits per heavy atom. The van der Waals surface area contributed by atoms with Crippen LogP contribution in [0.25, 0.3) is 0 Å². The monoisotopic (exact) mass is 330 g/mol. The van der Waals surface area contributed by atoms with Gasteiger partial charge in [-0.1, -0.05) is 0 Å². The highest BCUT2D eigenvalue weighted by Gasteiger charge is 2.49. The summed E-state index contributed by atoms with van der Waals surface area (Å²) in [4.78, 5) is 11.5. The molecule has 0 bridgehead atoms. The van der Waals surface area contributed by atoms with Gasteiger partial charge in [-0.05, 0) is 40.7 Å². The number of aliphatic hydroxyl groups is 1. The van der Waals surface area contributed by atoms with Gasteiger partial charge in [0.2, 0.25) is 0 Å². The van der Waals surface area contributed by atoms with Crippen molar-refractivity contribution in [2.75, 3.05) is 13.2 Å². The van der Waals surface area contributed by atoms with Crippen LogP contribution in [0.1, 0.15) is 34.6 Å². The predicted molar refractivity (Wildman–Crippen MR) is 80.5 cm³/mol. The molecule has 0 aromatic rings. The van der Waals surface area contributed by atoms with Crippen LogP contribution in [-0.4, -0.2) is 60.3 Å². The Hall–Kier alpha value is -0.990. The van der Waals surface area contributed by atoms with Crippen molar-refractivity contribution < 1.29 is 33.6 Å². The van der Waals surface area contributed by atoms with Crippen LogP contribution in [0.2, 0.25) is 0 Å². The van der Waals surface area contributed by atoms with Gasteiger partial charge >= 0.3 is 5.97 Å². The first kappa shape index (κ1) is 18.4. The van der Waals surface area contributed by atoms with Crippen molar-refractivity contribution in [1.82, 2.24) is 0 Å². The lowest BCUT2D eigenvalue weighted by Crippen LogP contribution is -2.44. The number of rotatable bonds is 5. The molecule has 0 saturated carbocycles. The molecule has 0 unspecified atom stereocenters. The third kappa shape index (κ3) is 4.74. The molecule has 23 heavy (non-hydrogen) atoms. The van der Waals surface area contributed by atoms with Gasteiger partial charge in [0.05, 0.1) is 13.2 Å². The summed E-state index contributed by atoms with van der Waals surface area (Å²) in [6.45, 7) is 9.37. The van der Waals surface area contributed by atoms with Gasteiger partial charge in [-0.2, -0.15) is 0 Å². The van der Waals surface area contributed by atoms with E-state index in [9.17, 15) is 9.90 Å². The second kappa shape index (κ2) is 6.86. The van der Waals surface area contributed by atoms with E-state index in [4.69, 9.17) is 23.7 Å². The lowest BCUT2D eigenvalue weighted by molar-refractivity contribution is -0.178. The molecular weight excluding hydrogens is 304 g/mol. The Morgan fingerprint density at radius 2 is 1.96 bits per heavy atom. The van der Waals surface area contributed by atoms with Gasteiger partial charge in [-0.3, -0.25) is 0 Å². The van der Waals surface area contributed by atoms with Crippen LogP contribution in [-0.2, 0) is 28.5 Å². The van der Waals surface area contributed by atoms with E-state index in [0.29, 0.717) is 6.61 Å². The first-order valence-electron chi connectivity index (χ1n) is 7.84. The first-order chi connectivity index (χ1) is 10.6.